The quantitative estimate of drug-likeness (QED) is 0.419. The second-order valence-electron chi connectivity index (χ2n) is 3.53. The lowest BCUT2D eigenvalue weighted by Gasteiger charge is -2.03. The highest BCUT2D eigenvalue weighted by molar-refractivity contribution is 4.55. The third-order valence-electron chi connectivity index (χ3n) is 2.20. The minimum Gasteiger partial charge on any atom is -0.210 e. The van der Waals surface area contributed by atoms with Gasteiger partial charge in [-0.05, 0) is 13.3 Å². The Morgan fingerprint density at radius 1 is 1.08 bits per heavy atom. The van der Waals surface area contributed by atoms with Gasteiger partial charge in [-0.1, -0.05) is 45.4 Å². The van der Waals surface area contributed by atoms with Gasteiger partial charge < -0.3 is 0 Å². The van der Waals surface area contributed by atoms with E-state index in [-0.39, 0.29) is 6.04 Å². The van der Waals surface area contributed by atoms with Crippen LogP contribution in [0.2, 0.25) is 0 Å². The minimum absolute atomic E-state index is 0.246. The van der Waals surface area contributed by atoms with Crippen molar-refractivity contribution in [3.63, 3.8) is 0 Å². The molecule has 0 heterocycles. The van der Waals surface area contributed by atoms with Gasteiger partial charge in [-0.15, -0.1) is 0 Å². The van der Waals surface area contributed by atoms with Crippen LogP contribution in [0, 0.1) is 5.53 Å². The van der Waals surface area contributed by atoms with E-state index in [1.807, 2.05) is 6.92 Å². The zero-order chi connectivity index (χ0) is 9.23. The van der Waals surface area contributed by atoms with Crippen molar-refractivity contribution in [1.29, 1.82) is 5.53 Å². The van der Waals surface area contributed by atoms with Crippen LogP contribution in [0.5, 0.6) is 0 Å². The molecule has 0 fully saturated rings. The maximum atomic E-state index is 6.78. The molecule has 0 aromatic heterocycles. The summed E-state index contributed by atoms with van der Waals surface area (Å²) in [6.07, 6.45) is 9.08. The van der Waals surface area contributed by atoms with E-state index in [4.69, 9.17) is 5.53 Å². The van der Waals surface area contributed by atoms with Crippen LogP contribution in [0.4, 0.5) is 0 Å². The van der Waals surface area contributed by atoms with Crippen LogP contribution >= 0.6 is 0 Å². The molecule has 0 aliphatic heterocycles. The molecule has 0 aliphatic rings. The summed E-state index contributed by atoms with van der Waals surface area (Å²) in [5.41, 5.74) is 6.78. The number of hydrogen-bond acceptors (Lipinski definition) is 2. The highest BCUT2D eigenvalue weighted by Gasteiger charge is 1.97. The molecule has 2 nitrogen and oxygen atoms in total. The molecule has 0 aromatic carbocycles. The van der Waals surface area contributed by atoms with Gasteiger partial charge in [0.05, 0.1) is 6.04 Å². The normalized spacial score (nSPS) is 12.8. The molecule has 0 rings (SSSR count). The Labute approximate surface area is 76.3 Å². The van der Waals surface area contributed by atoms with E-state index in [1.54, 1.807) is 0 Å². The van der Waals surface area contributed by atoms with Gasteiger partial charge in [0.25, 0.3) is 0 Å². The molecule has 0 bridgehead atoms. The van der Waals surface area contributed by atoms with E-state index in [0.29, 0.717) is 0 Å². The fourth-order valence-corrected chi connectivity index (χ4v) is 1.28. The van der Waals surface area contributed by atoms with E-state index in [1.165, 1.54) is 38.5 Å². The summed E-state index contributed by atoms with van der Waals surface area (Å²) in [4.78, 5) is 0. The summed E-state index contributed by atoms with van der Waals surface area (Å²) >= 11 is 0. The third-order valence-corrected chi connectivity index (χ3v) is 2.20. The van der Waals surface area contributed by atoms with Crippen molar-refractivity contribution in [1.82, 2.24) is 0 Å². The zero-order valence-corrected chi connectivity index (χ0v) is 8.47. The maximum Gasteiger partial charge on any atom is 0.0677 e. The molecule has 1 unspecified atom stereocenters. The van der Waals surface area contributed by atoms with Crippen molar-refractivity contribution >= 4 is 0 Å². The van der Waals surface area contributed by atoms with Gasteiger partial charge in [0.2, 0.25) is 0 Å². The van der Waals surface area contributed by atoms with Crippen molar-refractivity contribution in [2.45, 2.75) is 64.8 Å². The summed E-state index contributed by atoms with van der Waals surface area (Å²) in [6.45, 7) is 4.25. The minimum atomic E-state index is 0.246. The molecular formula is C10H22N2. The van der Waals surface area contributed by atoms with E-state index in [9.17, 15) is 0 Å². The first-order chi connectivity index (χ1) is 5.81. The smallest absolute Gasteiger partial charge is 0.0677 e. The lowest BCUT2D eigenvalue weighted by atomic mass is 10.1. The number of rotatable bonds is 8. The van der Waals surface area contributed by atoms with Crippen LogP contribution in [0.25, 0.3) is 0 Å². The van der Waals surface area contributed by atoms with Gasteiger partial charge in [-0.3, -0.25) is 0 Å². The molecule has 0 saturated heterocycles. The molecule has 1 N–H and O–H groups in total. The lowest BCUT2D eigenvalue weighted by molar-refractivity contribution is 0.540. The summed E-state index contributed by atoms with van der Waals surface area (Å²) in [6, 6.07) is 0.246. The zero-order valence-electron chi connectivity index (χ0n) is 8.47. The first kappa shape index (κ1) is 11.6. The van der Waals surface area contributed by atoms with Crippen molar-refractivity contribution in [2.75, 3.05) is 0 Å². The molecule has 0 aliphatic carbocycles. The van der Waals surface area contributed by atoms with E-state index >= 15 is 0 Å². The Kier molecular flexibility index (Phi) is 8.40. The Morgan fingerprint density at radius 3 is 2.25 bits per heavy atom. The van der Waals surface area contributed by atoms with Crippen molar-refractivity contribution in [3.8, 4) is 0 Å². The summed E-state index contributed by atoms with van der Waals surface area (Å²) < 4.78 is 0. The van der Waals surface area contributed by atoms with Gasteiger partial charge >= 0.3 is 0 Å². The SMILES string of the molecule is CCCCCCCCC(C)N=N. The van der Waals surface area contributed by atoms with Crippen LogP contribution in [0.1, 0.15) is 58.8 Å². The van der Waals surface area contributed by atoms with E-state index < -0.39 is 0 Å². The van der Waals surface area contributed by atoms with Crippen LogP contribution in [-0.2, 0) is 0 Å². The highest BCUT2D eigenvalue weighted by Crippen LogP contribution is 2.09. The average molecular weight is 170 g/mol. The van der Waals surface area contributed by atoms with Gasteiger partial charge in [-0.2, -0.15) is 5.11 Å². The first-order valence-corrected chi connectivity index (χ1v) is 5.17. The van der Waals surface area contributed by atoms with Gasteiger partial charge in [0.1, 0.15) is 0 Å². The van der Waals surface area contributed by atoms with Gasteiger partial charge in [0.15, 0.2) is 0 Å². The Balaban J connectivity index is 2.95. The van der Waals surface area contributed by atoms with Crippen molar-refractivity contribution in [3.05, 3.63) is 0 Å². The van der Waals surface area contributed by atoms with Crippen molar-refractivity contribution in [2.24, 2.45) is 5.11 Å². The van der Waals surface area contributed by atoms with Gasteiger partial charge in [0, 0.05) is 0 Å². The van der Waals surface area contributed by atoms with Crippen LogP contribution in [0.3, 0.4) is 0 Å². The molecule has 0 saturated carbocycles. The number of nitrogens with zero attached hydrogens (tertiary/aromatic N) is 1. The molecule has 0 spiro atoms. The van der Waals surface area contributed by atoms with Crippen LogP contribution in [-0.4, -0.2) is 6.04 Å². The lowest BCUT2D eigenvalue weighted by Crippen LogP contribution is -1.95. The summed E-state index contributed by atoms with van der Waals surface area (Å²) in [5, 5.41) is 3.47. The van der Waals surface area contributed by atoms with E-state index in [2.05, 4.69) is 12.0 Å². The first-order valence-electron chi connectivity index (χ1n) is 5.17. The van der Waals surface area contributed by atoms with Crippen LogP contribution in [0.15, 0.2) is 5.11 Å². The predicted octanol–water partition coefficient (Wildman–Crippen LogP) is 4.16. The summed E-state index contributed by atoms with van der Waals surface area (Å²) in [7, 11) is 0. The molecule has 0 aromatic rings. The molecule has 1 atom stereocenters. The molecule has 72 valence electrons. The highest BCUT2D eigenvalue weighted by atomic mass is 15.0. The third kappa shape index (κ3) is 7.70. The molecule has 0 radical (unpaired) electrons. The monoisotopic (exact) mass is 170 g/mol. The van der Waals surface area contributed by atoms with Gasteiger partial charge in [-0.25, -0.2) is 5.53 Å². The Hall–Kier alpha value is -0.400. The summed E-state index contributed by atoms with van der Waals surface area (Å²) in [5.74, 6) is 0. The number of nitrogens with one attached hydrogen (secondary N) is 1. The second-order valence-corrected chi connectivity index (χ2v) is 3.53. The fraction of sp³-hybridized carbons (Fsp3) is 1.00. The molecule has 2 heteroatoms. The standard InChI is InChI=1S/C10H22N2/c1-3-4-5-6-7-8-9-10(2)12-11/h10-11H,3-9H2,1-2H3. The second kappa shape index (κ2) is 8.69. The largest absolute Gasteiger partial charge is 0.210 e. The van der Waals surface area contributed by atoms with E-state index in [0.717, 1.165) is 6.42 Å². The molecule has 0 amide bonds. The Bertz CT molecular complexity index is 102. The van der Waals surface area contributed by atoms with Crippen LogP contribution < -0.4 is 0 Å². The predicted molar refractivity (Wildman–Crippen MR) is 52.6 cm³/mol. The number of hydrogen-bond donors (Lipinski definition) is 1. The topological polar surface area (TPSA) is 36.2 Å². The molecular weight excluding hydrogens is 148 g/mol. The molecule has 12 heavy (non-hydrogen) atoms. The fourth-order valence-electron chi connectivity index (χ4n) is 1.28. The number of unbranched alkanes of at least 4 members (excludes halogenated alkanes) is 5. The average Bonchev–Trinajstić information content (AvgIpc) is 2.10. The Morgan fingerprint density at radius 2 is 1.67 bits per heavy atom. The maximum absolute atomic E-state index is 6.78. The van der Waals surface area contributed by atoms with Crippen molar-refractivity contribution < 1.29 is 0 Å².